The Labute approximate surface area is 142 Å². The fraction of sp³-hybridized carbons (Fsp3) is 0.467. The topological polar surface area (TPSA) is 152 Å². The quantitative estimate of drug-likeness (QED) is 0.470. The second-order valence-electron chi connectivity index (χ2n) is 5.21. The summed E-state index contributed by atoms with van der Waals surface area (Å²) in [6.07, 6.45) is -8.48. The first-order chi connectivity index (χ1) is 11.8. The number of aromatic hydroxyl groups is 1. The SMILES string of the molecule is COC(=O)c1ccc(O)c(O[C@@H]2O[C@H](C(=O)OC)[C@@H](O)[C@H](O)[C@H]2O)c1. The Morgan fingerprint density at radius 3 is 2.32 bits per heavy atom. The predicted octanol–water partition coefficient (Wildman–Crippen LogP) is -1.46. The summed E-state index contributed by atoms with van der Waals surface area (Å²) in [6, 6.07) is 3.56. The number of methoxy groups -OCH3 is 2. The molecule has 4 N–H and O–H groups in total. The molecule has 0 unspecified atom stereocenters. The number of ether oxygens (including phenoxy) is 4. The van der Waals surface area contributed by atoms with Gasteiger partial charge < -0.3 is 39.4 Å². The second kappa shape index (κ2) is 7.66. The van der Waals surface area contributed by atoms with Gasteiger partial charge in [0.15, 0.2) is 17.6 Å². The van der Waals surface area contributed by atoms with Crippen LogP contribution < -0.4 is 4.74 Å². The number of phenols is 1. The molecule has 0 aliphatic carbocycles. The highest BCUT2D eigenvalue weighted by Crippen LogP contribution is 2.31. The highest BCUT2D eigenvalue weighted by Gasteiger charge is 2.48. The van der Waals surface area contributed by atoms with Gasteiger partial charge in [0.25, 0.3) is 0 Å². The van der Waals surface area contributed by atoms with E-state index in [0.29, 0.717) is 0 Å². The Kier molecular flexibility index (Phi) is 5.80. The van der Waals surface area contributed by atoms with Gasteiger partial charge in [0.2, 0.25) is 6.29 Å². The molecule has 1 aliphatic heterocycles. The number of rotatable bonds is 4. The number of phenolic OH excluding ortho intramolecular Hbond substituents is 1. The van der Waals surface area contributed by atoms with Gasteiger partial charge in [-0.1, -0.05) is 0 Å². The first-order valence-corrected chi connectivity index (χ1v) is 7.15. The number of esters is 2. The van der Waals surface area contributed by atoms with E-state index >= 15 is 0 Å². The first-order valence-electron chi connectivity index (χ1n) is 7.15. The van der Waals surface area contributed by atoms with E-state index in [4.69, 9.17) is 9.47 Å². The molecule has 138 valence electrons. The van der Waals surface area contributed by atoms with Crippen LogP contribution in [-0.2, 0) is 19.0 Å². The summed E-state index contributed by atoms with van der Waals surface area (Å²) in [7, 11) is 2.22. The third kappa shape index (κ3) is 3.82. The van der Waals surface area contributed by atoms with Crippen molar-refractivity contribution in [3.8, 4) is 11.5 Å². The third-order valence-corrected chi connectivity index (χ3v) is 3.63. The zero-order chi connectivity index (χ0) is 18.7. The van der Waals surface area contributed by atoms with Crippen molar-refractivity contribution in [3.05, 3.63) is 23.8 Å². The second-order valence-corrected chi connectivity index (χ2v) is 5.21. The molecule has 1 fully saturated rings. The molecule has 1 aromatic rings. The van der Waals surface area contributed by atoms with Crippen molar-refractivity contribution < 1.29 is 49.0 Å². The summed E-state index contributed by atoms with van der Waals surface area (Å²) < 4.78 is 19.4. The van der Waals surface area contributed by atoms with Gasteiger partial charge in [-0.05, 0) is 18.2 Å². The lowest BCUT2D eigenvalue weighted by Crippen LogP contribution is -2.61. The monoisotopic (exact) mass is 358 g/mol. The van der Waals surface area contributed by atoms with Crippen LogP contribution in [0.1, 0.15) is 10.4 Å². The Morgan fingerprint density at radius 1 is 1.04 bits per heavy atom. The smallest absolute Gasteiger partial charge is 0.337 e. The number of aliphatic hydroxyl groups excluding tert-OH is 3. The summed E-state index contributed by atoms with van der Waals surface area (Å²) in [5, 5.41) is 39.4. The summed E-state index contributed by atoms with van der Waals surface area (Å²) in [5.41, 5.74) is 0.0469. The molecule has 0 amide bonds. The van der Waals surface area contributed by atoms with E-state index in [1.807, 2.05) is 0 Å². The normalized spacial score (nSPS) is 28.9. The standard InChI is InChI=1S/C15H18O10/c1-22-13(20)6-3-4-7(16)8(5-6)24-15-11(19)9(17)10(18)12(25-15)14(21)23-2/h3-5,9-12,15-19H,1-2H3/t9-,10-,11+,12-,15+/m0/s1. The van der Waals surface area contributed by atoms with Crippen molar-refractivity contribution in [2.75, 3.05) is 14.2 Å². The van der Waals surface area contributed by atoms with Crippen LogP contribution in [0.5, 0.6) is 11.5 Å². The summed E-state index contributed by atoms with van der Waals surface area (Å²) in [4.78, 5) is 23.1. The van der Waals surface area contributed by atoms with Crippen LogP contribution in [0.3, 0.4) is 0 Å². The van der Waals surface area contributed by atoms with Gasteiger partial charge in [-0.3, -0.25) is 0 Å². The summed E-state index contributed by atoms with van der Waals surface area (Å²) in [6.45, 7) is 0. The molecule has 0 bridgehead atoms. The number of carbonyl (C=O) groups is 2. The Morgan fingerprint density at radius 2 is 1.72 bits per heavy atom. The molecule has 0 spiro atoms. The summed E-state index contributed by atoms with van der Waals surface area (Å²) >= 11 is 0. The van der Waals surface area contributed by atoms with Crippen LogP contribution in [0.15, 0.2) is 18.2 Å². The molecular weight excluding hydrogens is 340 g/mol. The average molecular weight is 358 g/mol. The molecule has 0 saturated carbocycles. The minimum atomic E-state index is -1.77. The van der Waals surface area contributed by atoms with Gasteiger partial charge in [-0.15, -0.1) is 0 Å². The minimum absolute atomic E-state index is 0.0469. The largest absolute Gasteiger partial charge is 0.504 e. The van der Waals surface area contributed by atoms with E-state index in [0.717, 1.165) is 19.2 Å². The average Bonchev–Trinajstić information content (AvgIpc) is 2.62. The molecular formula is C15H18O10. The predicted molar refractivity (Wildman–Crippen MR) is 78.8 cm³/mol. The van der Waals surface area contributed by atoms with Crippen molar-refractivity contribution in [1.29, 1.82) is 0 Å². The van der Waals surface area contributed by atoms with E-state index in [1.165, 1.54) is 13.2 Å². The molecule has 2 rings (SSSR count). The fourth-order valence-corrected chi connectivity index (χ4v) is 2.23. The summed E-state index contributed by atoms with van der Waals surface area (Å²) in [5.74, 6) is -2.34. The number of hydrogen-bond donors (Lipinski definition) is 4. The van der Waals surface area contributed by atoms with Gasteiger partial charge in [0, 0.05) is 0 Å². The lowest BCUT2D eigenvalue weighted by atomic mass is 9.99. The zero-order valence-electron chi connectivity index (χ0n) is 13.4. The Balaban J connectivity index is 2.26. The third-order valence-electron chi connectivity index (χ3n) is 3.63. The lowest BCUT2D eigenvalue weighted by molar-refractivity contribution is -0.272. The molecule has 0 aromatic heterocycles. The van der Waals surface area contributed by atoms with Crippen LogP contribution in [0.2, 0.25) is 0 Å². The number of benzene rings is 1. The molecule has 10 heteroatoms. The highest BCUT2D eigenvalue weighted by molar-refractivity contribution is 5.90. The highest BCUT2D eigenvalue weighted by atomic mass is 16.7. The zero-order valence-corrected chi connectivity index (χ0v) is 13.4. The van der Waals surface area contributed by atoms with Crippen LogP contribution >= 0.6 is 0 Å². The Bertz CT molecular complexity index is 645. The molecule has 25 heavy (non-hydrogen) atoms. The lowest BCUT2D eigenvalue weighted by Gasteiger charge is -2.38. The van der Waals surface area contributed by atoms with Crippen molar-refractivity contribution in [2.24, 2.45) is 0 Å². The van der Waals surface area contributed by atoms with Gasteiger partial charge in [0.05, 0.1) is 19.8 Å². The van der Waals surface area contributed by atoms with E-state index < -0.39 is 48.4 Å². The van der Waals surface area contributed by atoms with Gasteiger partial charge >= 0.3 is 11.9 Å². The van der Waals surface area contributed by atoms with Crippen LogP contribution in [0.25, 0.3) is 0 Å². The van der Waals surface area contributed by atoms with E-state index in [2.05, 4.69) is 9.47 Å². The van der Waals surface area contributed by atoms with E-state index in [1.54, 1.807) is 0 Å². The maximum absolute atomic E-state index is 11.6. The maximum atomic E-state index is 11.6. The van der Waals surface area contributed by atoms with Gasteiger partial charge in [-0.25, -0.2) is 9.59 Å². The van der Waals surface area contributed by atoms with E-state index in [9.17, 15) is 30.0 Å². The number of aliphatic hydroxyl groups is 3. The maximum Gasteiger partial charge on any atom is 0.337 e. The molecule has 1 heterocycles. The van der Waals surface area contributed by atoms with Crippen molar-refractivity contribution >= 4 is 11.9 Å². The molecule has 1 aliphatic rings. The molecule has 10 nitrogen and oxygen atoms in total. The minimum Gasteiger partial charge on any atom is -0.504 e. The Hall–Kier alpha value is -2.40. The van der Waals surface area contributed by atoms with E-state index in [-0.39, 0.29) is 11.3 Å². The van der Waals surface area contributed by atoms with Crippen molar-refractivity contribution in [3.63, 3.8) is 0 Å². The first kappa shape index (κ1) is 18.9. The molecule has 1 aromatic carbocycles. The number of carbonyl (C=O) groups excluding carboxylic acids is 2. The molecule has 0 radical (unpaired) electrons. The molecule has 1 saturated heterocycles. The van der Waals surface area contributed by atoms with Gasteiger partial charge in [-0.2, -0.15) is 0 Å². The van der Waals surface area contributed by atoms with Crippen LogP contribution in [0, 0.1) is 0 Å². The fourth-order valence-electron chi connectivity index (χ4n) is 2.23. The molecule has 5 atom stereocenters. The number of hydrogen-bond acceptors (Lipinski definition) is 10. The van der Waals surface area contributed by atoms with Crippen molar-refractivity contribution in [2.45, 2.75) is 30.7 Å². The van der Waals surface area contributed by atoms with Gasteiger partial charge in [0.1, 0.15) is 18.3 Å². The van der Waals surface area contributed by atoms with Crippen LogP contribution in [0.4, 0.5) is 0 Å². The van der Waals surface area contributed by atoms with Crippen molar-refractivity contribution in [1.82, 2.24) is 0 Å². The van der Waals surface area contributed by atoms with Crippen LogP contribution in [-0.4, -0.2) is 77.3 Å².